The molecule has 1 aromatic heterocycles. The highest BCUT2D eigenvalue weighted by Crippen LogP contribution is 2.18. The molecule has 0 radical (unpaired) electrons. The summed E-state index contributed by atoms with van der Waals surface area (Å²) >= 11 is 1.45. The van der Waals surface area contributed by atoms with E-state index < -0.39 is 0 Å². The summed E-state index contributed by atoms with van der Waals surface area (Å²) in [5.41, 5.74) is 1.41. The Hall–Kier alpha value is -1.08. The molecule has 4 heteroatoms. The van der Waals surface area contributed by atoms with E-state index in [1.165, 1.54) is 11.8 Å². The van der Waals surface area contributed by atoms with Gasteiger partial charge < -0.3 is 0 Å². The monoisotopic (exact) mass is 193 g/mol. The van der Waals surface area contributed by atoms with E-state index in [0.717, 1.165) is 5.56 Å². The van der Waals surface area contributed by atoms with Gasteiger partial charge in [0.05, 0.1) is 0 Å². The molecule has 0 aliphatic heterocycles. The molecule has 1 rings (SSSR count). The van der Waals surface area contributed by atoms with Crippen molar-refractivity contribution < 1.29 is 0 Å². The quantitative estimate of drug-likeness (QED) is 0.533. The lowest BCUT2D eigenvalue weighted by Gasteiger charge is -2.06. The minimum absolute atomic E-state index is 0.297. The van der Waals surface area contributed by atoms with E-state index in [9.17, 15) is 0 Å². The number of rotatable bonds is 2. The topological polar surface area (TPSA) is 49.6 Å². The van der Waals surface area contributed by atoms with Gasteiger partial charge in [0.25, 0.3) is 0 Å². The van der Waals surface area contributed by atoms with Gasteiger partial charge in [0.1, 0.15) is 11.8 Å². The molecule has 0 fully saturated rings. The van der Waals surface area contributed by atoms with Gasteiger partial charge in [0.2, 0.25) is 0 Å². The van der Waals surface area contributed by atoms with Gasteiger partial charge in [0.15, 0.2) is 5.16 Å². The SMILES string of the molecule is CSc1ncc(C(C)C)c(C#N)n1. The second kappa shape index (κ2) is 4.24. The molecule has 0 spiro atoms. The maximum Gasteiger partial charge on any atom is 0.188 e. The maximum atomic E-state index is 8.84. The van der Waals surface area contributed by atoms with E-state index in [2.05, 4.69) is 16.0 Å². The summed E-state index contributed by atoms with van der Waals surface area (Å²) < 4.78 is 0. The van der Waals surface area contributed by atoms with Crippen LogP contribution >= 0.6 is 11.8 Å². The first-order valence-electron chi connectivity index (χ1n) is 4.00. The predicted molar refractivity (Wildman–Crippen MR) is 52.6 cm³/mol. The van der Waals surface area contributed by atoms with Crippen LogP contribution in [-0.2, 0) is 0 Å². The third kappa shape index (κ3) is 2.19. The molecule has 0 unspecified atom stereocenters. The number of aromatic nitrogens is 2. The van der Waals surface area contributed by atoms with Crippen molar-refractivity contribution >= 4 is 11.8 Å². The van der Waals surface area contributed by atoms with Gasteiger partial charge in [-0.25, -0.2) is 9.97 Å². The Morgan fingerprint density at radius 1 is 1.54 bits per heavy atom. The van der Waals surface area contributed by atoms with Crippen LogP contribution in [0.15, 0.2) is 11.4 Å². The van der Waals surface area contributed by atoms with E-state index in [1.807, 2.05) is 20.1 Å². The lowest BCUT2D eigenvalue weighted by Crippen LogP contribution is -1.99. The smallest absolute Gasteiger partial charge is 0.188 e. The zero-order valence-corrected chi connectivity index (χ0v) is 8.72. The minimum atomic E-state index is 0.297. The third-order valence-corrected chi connectivity index (χ3v) is 2.27. The number of thioether (sulfide) groups is 1. The van der Waals surface area contributed by atoms with Gasteiger partial charge in [-0.15, -0.1) is 0 Å². The zero-order valence-electron chi connectivity index (χ0n) is 7.90. The number of nitrogens with zero attached hydrogens (tertiary/aromatic N) is 3. The van der Waals surface area contributed by atoms with Gasteiger partial charge in [-0.3, -0.25) is 0 Å². The number of hydrogen-bond acceptors (Lipinski definition) is 4. The molecule has 0 bridgehead atoms. The molecule has 68 valence electrons. The fourth-order valence-electron chi connectivity index (χ4n) is 0.985. The van der Waals surface area contributed by atoms with Crippen LogP contribution in [0.2, 0.25) is 0 Å². The van der Waals surface area contributed by atoms with Gasteiger partial charge in [0, 0.05) is 11.8 Å². The second-order valence-corrected chi connectivity index (χ2v) is 3.70. The first kappa shape index (κ1) is 10.0. The molecule has 0 aliphatic rings. The molecular weight excluding hydrogens is 182 g/mol. The van der Waals surface area contributed by atoms with Crippen molar-refractivity contribution in [3.05, 3.63) is 17.5 Å². The van der Waals surface area contributed by atoms with Crippen molar-refractivity contribution in [3.8, 4) is 6.07 Å². The normalized spacial score (nSPS) is 10.1. The van der Waals surface area contributed by atoms with Crippen molar-refractivity contribution in [1.29, 1.82) is 5.26 Å². The van der Waals surface area contributed by atoms with Crippen LogP contribution in [-0.4, -0.2) is 16.2 Å². The van der Waals surface area contributed by atoms with Crippen LogP contribution < -0.4 is 0 Å². The highest BCUT2D eigenvalue weighted by molar-refractivity contribution is 7.98. The highest BCUT2D eigenvalue weighted by Gasteiger charge is 2.08. The molecule has 0 N–H and O–H groups in total. The van der Waals surface area contributed by atoms with Crippen molar-refractivity contribution in [2.75, 3.05) is 6.26 Å². The fourth-order valence-corrected chi connectivity index (χ4v) is 1.33. The number of hydrogen-bond donors (Lipinski definition) is 0. The van der Waals surface area contributed by atoms with E-state index in [4.69, 9.17) is 5.26 Å². The lowest BCUT2D eigenvalue weighted by atomic mass is 10.0. The molecule has 0 aromatic carbocycles. The fraction of sp³-hybridized carbons (Fsp3) is 0.444. The summed E-state index contributed by atoms with van der Waals surface area (Å²) in [5, 5.41) is 9.49. The van der Waals surface area contributed by atoms with E-state index in [-0.39, 0.29) is 0 Å². The summed E-state index contributed by atoms with van der Waals surface area (Å²) in [6.45, 7) is 4.05. The third-order valence-electron chi connectivity index (χ3n) is 1.71. The van der Waals surface area contributed by atoms with Crippen molar-refractivity contribution in [1.82, 2.24) is 9.97 Å². The maximum absolute atomic E-state index is 8.84. The molecule has 0 atom stereocenters. The Morgan fingerprint density at radius 3 is 2.69 bits per heavy atom. The average Bonchev–Trinajstić information content (AvgIpc) is 2.16. The Labute approximate surface area is 82.2 Å². The lowest BCUT2D eigenvalue weighted by molar-refractivity contribution is 0.812. The molecule has 13 heavy (non-hydrogen) atoms. The molecule has 1 heterocycles. The minimum Gasteiger partial charge on any atom is -0.231 e. The van der Waals surface area contributed by atoms with Crippen LogP contribution in [0.5, 0.6) is 0 Å². The highest BCUT2D eigenvalue weighted by atomic mass is 32.2. The molecule has 0 saturated carbocycles. The van der Waals surface area contributed by atoms with Crippen LogP contribution in [0.3, 0.4) is 0 Å². The van der Waals surface area contributed by atoms with E-state index in [1.54, 1.807) is 6.20 Å². The van der Waals surface area contributed by atoms with Gasteiger partial charge in [-0.2, -0.15) is 5.26 Å². The Kier molecular flexibility index (Phi) is 3.26. The largest absolute Gasteiger partial charge is 0.231 e. The summed E-state index contributed by atoms with van der Waals surface area (Å²) in [6.07, 6.45) is 3.63. The van der Waals surface area contributed by atoms with Crippen molar-refractivity contribution in [2.24, 2.45) is 0 Å². The van der Waals surface area contributed by atoms with Crippen LogP contribution in [0.4, 0.5) is 0 Å². The van der Waals surface area contributed by atoms with Crippen molar-refractivity contribution in [3.63, 3.8) is 0 Å². The van der Waals surface area contributed by atoms with Crippen LogP contribution in [0, 0.1) is 11.3 Å². The van der Waals surface area contributed by atoms with Gasteiger partial charge in [-0.05, 0) is 12.2 Å². The summed E-state index contributed by atoms with van der Waals surface area (Å²) in [7, 11) is 0. The average molecular weight is 193 g/mol. The first-order valence-corrected chi connectivity index (χ1v) is 5.22. The molecule has 0 saturated heterocycles. The molecule has 0 aliphatic carbocycles. The van der Waals surface area contributed by atoms with Crippen LogP contribution in [0.1, 0.15) is 31.0 Å². The summed E-state index contributed by atoms with van der Waals surface area (Å²) in [6, 6.07) is 2.09. The molecule has 1 aromatic rings. The van der Waals surface area contributed by atoms with Gasteiger partial charge >= 0.3 is 0 Å². The summed E-state index contributed by atoms with van der Waals surface area (Å²) in [5.74, 6) is 0.297. The Balaban J connectivity index is 3.18. The van der Waals surface area contributed by atoms with Crippen LogP contribution in [0.25, 0.3) is 0 Å². The molecule has 0 amide bonds. The second-order valence-electron chi connectivity index (χ2n) is 2.93. The van der Waals surface area contributed by atoms with Crippen molar-refractivity contribution in [2.45, 2.75) is 24.9 Å². The summed E-state index contributed by atoms with van der Waals surface area (Å²) in [4.78, 5) is 8.25. The molecular formula is C9H11N3S. The van der Waals surface area contributed by atoms with E-state index in [0.29, 0.717) is 16.8 Å². The first-order chi connectivity index (χ1) is 6.19. The van der Waals surface area contributed by atoms with E-state index >= 15 is 0 Å². The standard InChI is InChI=1S/C9H11N3S/c1-6(2)7-5-11-9(13-3)12-8(7)4-10/h5-6H,1-3H3. The molecule has 3 nitrogen and oxygen atoms in total. The Bertz CT molecular complexity index is 341. The Morgan fingerprint density at radius 2 is 2.23 bits per heavy atom. The zero-order chi connectivity index (χ0) is 9.84. The predicted octanol–water partition coefficient (Wildman–Crippen LogP) is 2.19. The van der Waals surface area contributed by atoms with Gasteiger partial charge in [-0.1, -0.05) is 25.6 Å². The number of nitriles is 1.